The number of hydrogen-bond donors (Lipinski definition) is 0. The minimum Gasteiger partial charge on any atom is -0.489 e. The van der Waals surface area contributed by atoms with Crippen molar-refractivity contribution >= 4 is 29.1 Å². The fourth-order valence-electron chi connectivity index (χ4n) is 4.16. The van der Waals surface area contributed by atoms with E-state index in [0.717, 1.165) is 48.9 Å². The summed E-state index contributed by atoms with van der Waals surface area (Å²) in [6.07, 6.45) is 3.34. The Morgan fingerprint density at radius 3 is 2.86 bits per heavy atom. The van der Waals surface area contributed by atoms with Gasteiger partial charge in [0.2, 0.25) is 5.91 Å². The Balaban J connectivity index is 1.60. The van der Waals surface area contributed by atoms with Gasteiger partial charge in [-0.05, 0) is 18.6 Å². The summed E-state index contributed by atoms with van der Waals surface area (Å²) in [7, 11) is 0. The molecular weight excluding hydrogens is 399 g/mol. The number of carbonyl (C=O) groups excluding carboxylic acids is 1. The number of halogens is 2. The molecule has 1 fully saturated rings. The minimum absolute atomic E-state index is 0.108. The van der Waals surface area contributed by atoms with Gasteiger partial charge in [0, 0.05) is 50.4 Å². The molecule has 8 heteroatoms. The van der Waals surface area contributed by atoms with Crippen molar-refractivity contribution in [3.8, 4) is 5.75 Å². The molecule has 4 rings (SSSR count). The van der Waals surface area contributed by atoms with E-state index in [0.29, 0.717) is 23.2 Å². The van der Waals surface area contributed by atoms with Crippen LogP contribution < -0.4 is 4.74 Å². The lowest BCUT2D eigenvalue weighted by Gasteiger charge is -2.19. The molecule has 6 nitrogen and oxygen atoms in total. The molecule has 0 aliphatic carbocycles. The number of carbonyl (C=O) groups is 1. The predicted molar refractivity (Wildman–Crippen MR) is 108 cm³/mol. The number of rotatable bonds is 5. The van der Waals surface area contributed by atoms with Crippen molar-refractivity contribution in [2.75, 3.05) is 19.7 Å². The minimum atomic E-state index is 0.108. The largest absolute Gasteiger partial charge is 0.489 e. The van der Waals surface area contributed by atoms with Crippen LogP contribution >= 0.6 is 23.2 Å². The average molecular weight is 421 g/mol. The van der Waals surface area contributed by atoms with E-state index in [1.807, 2.05) is 11.0 Å². The number of amides is 1. The van der Waals surface area contributed by atoms with Crippen molar-refractivity contribution in [2.24, 2.45) is 0 Å². The van der Waals surface area contributed by atoms with E-state index in [1.54, 1.807) is 19.1 Å². The Kier molecular flexibility index (Phi) is 5.34. The van der Waals surface area contributed by atoms with Crippen LogP contribution in [0.5, 0.6) is 5.75 Å². The van der Waals surface area contributed by atoms with E-state index >= 15 is 0 Å². The van der Waals surface area contributed by atoms with Crippen molar-refractivity contribution in [3.05, 3.63) is 52.0 Å². The van der Waals surface area contributed by atoms with E-state index < -0.39 is 0 Å². The fraction of sp³-hybridized carbons (Fsp3) is 0.450. The molecule has 2 aliphatic rings. The molecular formula is C20H22Cl2N4O2. The number of fused-ring (bicyclic) bond motifs is 1. The third-order valence-corrected chi connectivity index (χ3v) is 6.36. The number of ether oxygens (including phenoxy) is 1. The molecule has 28 heavy (non-hydrogen) atoms. The monoisotopic (exact) mass is 420 g/mol. The molecule has 2 aromatic rings. The summed E-state index contributed by atoms with van der Waals surface area (Å²) in [4.78, 5) is 13.5. The summed E-state index contributed by atoms with van der Waals surface area (Å²) in [6.45, 7) is 7.91. The predicted octanol–water partition coefficient (Wildman–Crippen LogP) is 3.83. The Morgan fingerprint density at radius 1 is 1.32 bits per heavy atom. The van der Waals surface area contributed by atoms with Crippen LogP contribution in [0.1, 0.15) is 42.4 Å². The maximum atomic E-state index is 11.7. The van der Waals surface area contributed by atoms with Gasteiger partial charge in [-0.2, -0.15) is 0 Å². The lowest BCUT2D eigenvalue weighted by atomic mass is 9.96. The van der Waals surface area contributed by atoms with Crippen LogP contribution in [0.2, 0.25) is 10.0 Å². The molecule has 1 amide bonds. The molecule has 0 spiro atoms. The van der Waals surface area contributed by atoms with Gasteiger partial charge in [-0.15, -0.1) is 10.2 Å². The summed E-state index contributed by atoms with van der Waals surface area (Å²) >= 11 is 12.8. The van der Waals surface area contributed by atoms with Gasteiger partial charge < -0.3 is 14.2 Å². The van der Waals surface area contributed by atoms with Gasteiger partial charge in [0.05, 0.1) is 10.0 Å². The maximum absolute atomic E-state index is 11.7. The van der Waals surface area contributed by atoms with Gasteiger partial charge in [0.25, 0.3) is 0 Å². The Bertz CT molecular complexity index is 927. The molecule has 1 aromatic carbocycles. The summed E-state index contributed by atoms with van der Waals surface area (Å²) in [6, 6.07) is 3.61. The lowest BCUT2D eigenvalue weighted by molar-refractivity contribution is -0.127. The number of aromatic nitrogens is 3. The van der Waals surface area contributed by atoms with Gasteiger partial charge in [0.15, 0.2) is 0 Å². The second-order valence-corrected chi connectivity index (χ2v) is 8.09. The second-order valence-electron chi connectivity index (χ2n) is 7.31. The topological polar surface area (TPSA) is 60.3 Å². The zero-order valence-corrected chi connectivity index (χ0v) is 17.2. The van der Waals surface area contributed by atoms with Crippen LogP contribution in [0.15, 0.2) is 24.8 Å². The molecule has 0 bridgehead atoms. The highest BCUT2D eigenvalue weighted by Gasteiger charge is 2.35. The quantitative estimate of drug-likeness (QED) is 0.689. The first kappa shape index (κ1) is 19.3. The fourth-order valence-corrected chi connectivity index (χ4v) is 4.64. The van der Waals surface area contributed by atoms with Crippen molar-refractivity contribution in [1.82, 2.24) is 19.7 Å². The highest BCUT2D eigenvalue weighted by Crippen LogP contribution is 2.43. The Labute approximate surface area is 174 Å². The normalized spacial score (nSPS) is 21.0. The lowest BCUT2D eigenvalue weighted by Crippen LogP contribution is -2.26. The number of nitrogens with zero attached hydrogens (tertiary/aromatic N) is 4. The van der Waals surface area contributed by atoms with E-state index in [-0.39, 0.29) is 17.7 Å². The number of benzene rings is 1. The highest BCUT2D eigenvalue weighted by molar-refractivity contribution is 6.42. The van der Waals surface area contributed by atoms with E-state index in [4.69, 9.17) is 27.9 Å². The SMILES string of the molecule is C=CCOc1ccc(Cl)c(Cl)c1[C@@H]1Cc2nnc([C@@H]3CCN(C(C)=O)C3)n2C1. The second kappa shape index (κ2) is 7.76. The van der Waals surface area contributed by atoms with E-state index in [2.05, 4.69) is 21.3 Å². The van der Waals surface area contributed by atoms with Crippen molar-refractivity contribution in [1.29, 1.82) is 0 Å². The van der Waals surface area contributed by atoms with Crippen LogP contribution in [-0.2, 0) is 17.8 Å². The van der Waals surface area contributed by atoms with Gasteiger partial charge in [-0.3, -0.25) is 4.79 Å². The van der Waals surface area contributed by atoms with Crippen molar-refractivity contribution < 1.29 is 9.53 Å². The summed E-state index contributed by atoms with van der Waals surface area (Å²) in [5.74, 6) is 3.05. The zero-order chi connectivity index (χ0) is 19.8. The Hall–Kier alpha value is -2.05. The van der Waals surface area contributed by atoms with Crippen LogP contribution in [0.4, 0.5) is 0 Å². The molecule has 0 unspecified atom stereocenters. The van der Waals surface area contributed by atoms with Gasteiger partial charge in [-0.1, -0.05) is 35.9 Å². The molecule has 0 radical (unpaired) electrons. The van der Waals surface area contributed by atoms with Gasteiger partial charge in [-0.25, -0.2) is 0 Å². The van der Waals surface area contributed by atoms with Crippen LogP contribution in [0, 0.1) is 0 Å². The van der Waals surface area contributed by atoms with Crippen LogP contribution in [0.3, 0.4) is 0 Å². The summed E-state index contributed by atoms with van der Waals surface area (Å²) < 4.78 is 8.00. The van der Waals surface area contributed by atoms with Gasteiger partial charge in [0.1, 0.15) is 24.0 Å². The highest BCUT2D eigenvalue weighted by atomic mass is 35.5. The smallest absolute Gasteiger partial charge is 0.219 e. The van der Waals surface area contributed by atoms with Crippen LogP contribution in [0.25, 0.3) is 0 Å². The third-order valence-electron chi connectivity index (χ3n) is 5.54. The first-order chi connectivity index (χ1) is 13.5. The van der Waals surface area contributed by atoms with Gasteiger partial charge >= 0.3 is 0 Å². The molecule has 2 atom stereocenters. The number of hydrogen-bond acceptors (Lipinski definition) is 4. The van der Waals surface area contributed by atoms with E-state index in [1.165, 1.54) is 0 Å². The Morgan fingerprint density at radius 2 is 2.14 bits per heavy atom. The molecule has 2 aliphatic heterocycles. The van der Waals surface area contributed by atoms with Crippen molar-refractivity contribution in [2.45, 2.75) is 38.1 Å². The molecule has 1 saturated heterocycles. The number of likely N-dealkylation sites (tertiary alicyclic amines) is 1. The average Bonchev–Trinajstić information content (AvgIpc) is 3.37. The summed E-state index contributed by atoms with van der Waals surface area (Å²) in [5, 5.41) is 9.87. The van der Waals surface area contributed by atoms with Crippen LogP contribution in [-0.4, -0.2) is 45.3 Å². The molecule has 148 valence electrons. The molecule has 1 aromatic heterocycles. The third kappa shape index (κ3) is 3.40. The van der Waals surface area contributed by atoms with Crippen molar-refractivity contribution in [3.63, 3.8) is 0 Å². The maximum Gasteiger partial charge on any atom is 0.219 e. The first-order valence-electron chi connectivity index (χ1n) is 9.38. The van der Waals surface area contributed by atoms with E-state index in [9.17, 15) is 4.79 Å². The summed E-state index contributed by atoms with van der Waals surface area (Å²) in [5.41, 5.74) is 0.907. The molecule has 0 N–H and O–H groups in total. The molecule has 3 heterocycles. The molecule has 0 saturated carbocycles. The standard InChI is InChI=1S/C20H22Cl2N4O2/c1-3-8-28-16-5-4-15(21)19(22)18(16)14-9-17-23-24-20(26(17)11-14)13-6-7-25(10-13)12(2)27/h3-5,13-14H,1,6-11H2,2H3/t13-,14-/m1/s1. The first-order valence-corrected chi connectivity index (χ1v) is 10.1. The zero-order valence-electron chi connectivity index (χ0n) is 15.7.